The molecule has 0 fully saturated rings. The van der Waals surface area contributed by atoms with E-state index in [0.717, 1.165) is 17.3 Å². The summed E-state index contributed by atoms with van der Waals surface area (Å²) in [5, 5.41) is 19.7. The molecule has 2 nitrogen and oxygen atoms in total. The first-order chi connectivity index (χ1) is 7.17. The minimum Gasteiger partial charge on any atom is -0.197 e. The molecule has 5 heteroatoms. The monoisotopic (exact) mass is 256 g/mol. The van der Waals surface area contributed by atoms with Gasteiger partial charge in [0.2, 0.25) is 0 Å². The molecular weight excluding hydrogens is 251 g/mol. The van der Waals surface area contributed by atoms with Crippen molar-refractivity contribution in [3.63, 3.8) is 0 Å². The van der Waals surface area contributed by atoms with Crippen molar-refractivity contribution in [2.75, 3.05) is 0 Å². The second kappa shape index (κ2) is 5.88. The summed E-state index contributed by atoms with van der Waals surface area (Å²) in [5.41, 5.74) is 0.902. The largest absolute Gasteiger partial charge is 0.197 e. The molecule has 0 aliphatic heterocycles. The molecule has 0 spiro atoms. The summed E-state index contributed by atoms with van der Waals surface area (Å²) in [6.07, 6.45) is 0.492. The van der Waals surface area contributed by atoms with Crippen molar-refractivity contribution in [2.45, 2.75) is 11.7 Å². The van der Waals surface area contributed by atoms with Gasteiger partial charge in [-0.1, -0.05) is 29.3 Å². The lowest BCUT2D eigenvalue weighted by atomic mass is 10.1. The zero-order valence-corrected chi connectivity index (χ0v) is 9.90. The average molecular weight is 257 g/mol. The van der Waals surface area contributed by atoms with Gasteiger partial charge in [0.15, 0.2) is 0 Å². The second-order valence-electron chi connectivity index (χ2n) is 2.78. The normalized spacial score (nSPS) is 11.5. The Morgan fingerprint density at radius 1 is 1.27 bits per heavy atom. The number of thiocyanates is 1. The maximum Gasteiger partial charge on any atom is 0.134 e. The highest BCUT2D eigenvalue weighted by Gasteiger charge is 2.09. The number of thioether (sulfide) groups is 1. The Kier molecular flexibility index (Phi) is 4.78. The Morgan fingerprint density at radius 3 is 2.53 bits per heavy atom. The minimum atomic E-state index is -0.368. The highest BCUT2D eigenvalue weighted by atomic mass is 35.5. The highest BCUT2D eigenvalue weighted by molar-refractivity contribution is 8.04. The molecule has 0 aromatic heterocycles. The van der Waals surface area contributed by atoms with Gasteiger partial charge in [0.1, 0.15) is 10.7 Å². The van der Waals surface area contributed by atoms with Crippen LogP contribution >= 0.6 is 35.0 Å². The van der Waals surface area contributed by atoms with Gasteiger partial charge in [-0.25, -0.2) is 0 Å². The lowest BCUT2D eigenvalue weighted by Crippen LogP contribution is -2.02. The SMILES string of the molecule is N#CS[C@H](C#N)Cc1ccc(Cl)c(Cl)c1. The molecule has 0 bridgehead atoms. The van der Waals surface area contributed by atoms with E-state index in [2.05, 4.69) is 0 Å². The number of benzene rings is 1. The number of halogens is 2. The summed E-state index contributed by atoms with van der Waals surface area (Å²) in [4.78, 5) is 0. The fraction of sp³-hybridized carbons (Fsp3) is 0.200. The number of hydrogen-bond donors (Lipinski definition) is 0. The predicted octanol–water partition coefficient (Wildman–Crippen LogP) is 3.64. The summed E-state index contributed by atoms with van der Waals surface area (Å²) in [7, 11) is 0. The van der Waals surface area contributed by atoms with Crippen molar-refractivity contribution in [3.8, 4) is 11.5 Å². The maximum absolute atomic E-state index is 8.76. The lowest BCUT2D eigenvalue weighted by Gasteiger charge is -2.05. The Bertz CT molecular complexity index is 434. The van der Waals surface area contributed by atoms with Crippen molar-refractivity contribution in [1.82, 2.24) is 0 Å². The van der Waals surface area contributed by atoms with E-state index in [4.69, 9.17) is 33.7 Å². The molecule has 0 unspecified atom stereocenters. The molecule has 0 N–H and O–H groups in total. The van der Waals surface area contributed by atoms with E-state index in [1.54, 1.807) is 18.2 Å². The van der Waals surface area contributed by atoms with Crippen LogP contribution in [-0.4, -0.2) is 5.25 Å². The van der Waals surface area contributed by atoms with E-state index in [-0.39, 0.29) is 5.25 Å². The fourth-order valence-corrected chi connectivity index (χ4v) is 1.83. The van der Waals surface area contributed by atoms with Crippen molar-refractivity contribution < 1.29 is 0 Å². The molecule has 0 saturated carbocycles. The van der Waals surface area contributed by atoms with Gasteiger partial charge in [-0.05, 0) is 35.9 Å². The summed E-state index contributed by atoms with van der Waals surface area (Å²) in [6.45, 7) is 0. The zero-order valence-electron chi connectivity index (χ0n) is 7.58. The molecule has 1 aromatic carbocycles. The van der Waals surface area contributed by atoms with Crippen LogP contribution in [0.1, 0.15) is 5.56 Å². The molecule has 1 aromatic rings. The first-order valence-electron chi connectivity index (χ1n) is 4.05. The summed E-state index contributed by atoms with van der Waals surface area (Å²) < 4.78 is 0. The number of nitriles is 2. The Balaban J connectivity index is 2.77. The van der Waals surface area contributed by atoms with E-state index < -0.39 is 0 Å². The highest BCUT2D eigenvalue weighted by Crippen LogP contribution is 2.24. The first kappa shape index (κ1) is 12.2. The fourth-order valence-electron chi connectivity index (χ4n) is 1.06. The molecule has 0 amide bonds. The third-order valence-electron chi connectivity index (χ3n) is 1.74. The standard InChI is InChI=1S/C10H6Cl2N2S/c11-9-2-1-7(4-10(9)12)3-8(5-13)15-6-14/h1-2,4,8H,3H2/t8-/m0/s1. The van der Waals surface area contributed by atoms with E-state index in [9.17, 15) is 0 Å². The van der Waals surface area contributed by atoms with Crippen LogP contribution in [0, 0.1) is 22.0 Å². The van der Waals surface area contributed by atoms with Crippen LogP contribution in [-0.2, 0) is 6.42 Å². The van der Waals surface area contributed by atoms with Gasteiger partial charge in [0, 0.05) is 0 Å². The van der Waals surface area contributed by atoms with Gasteiger partial charge in [0.05, 0.1) is 16.1 Å². The maximum atomic E-state index is 8.76. The van der Waals surface area contributed by atoms with E-state index in [0.29, 0.717) is 16.5 Å². The first-order valence-corrected chi connectivity index (χ1v) is 5.69. The molecule has 0 radical (unpaired) electrons. The molecule has 15 heavy (non-hydrogen) atoms. The van der Waals surface area contributed by atoms with Crippen LogP contribution in [0.15, 0.2) is 18.2 Å². The van der Waals surface area contributed by atoms with Crippen molar-refractivity contribution >= 4 is 35.0 Å². The van der Waals surface area contributed by atoms with Crippen LogP contribution in [0.3, 0.4) is 0 Å². The molecule has 0 heterocycles. The van der Waals surface area contributed by atoms with Gasteiger partial charge >= 0.3 is 0 Å². The van der Waals surface area contributed by atoms with Crippen molar-refractivity contribution in [3.05, 3.63) is 33.8 Å². The average Bonchev–Trinajstić information content (AvgIpc) is 2.23. The molecule has 0 aliphatic carbocycles. The molecular formula is C10H6Cl2N2S. The van der Waals surface area contributed by atoms with E-state index in [1.165, 1.54) is 0 Å². The van der Waals surface area contributed by atoms with E-state index >= 15 is 0 Å². The molecule has 0 aliphatic rings. The van der Waals surface area contributed by atoms with Gasteiger partial charge in [0.25, 0.3) is 0 Å². The number of nitrogens with zero attached hydrogens (tertiary/aromatic N) is 2. The Labute approximate surface area is 102 Å². The summed E-state index contributed by atoms with van der Waals surface area (Å²) in [5.74, 6) is 0. The molecule has 1 atom stereocenters. The van der Waals surface area contributed by atoms with Gasteiger partial charge in [-0.2, -0.15) is 10.5 Å². The Hall–Kier alpha value is -0.870. The van der Waals surface area contributed by atoms with Crippen molar-refractivity contribution in [1.29, 1.82) is 10.5 Å². The smallest absolute Gasteiger partial charge is 0.134 e. The van der Waals surface area contributed by atoms with Crippen LogP contribution in [0.4, 0.5) is 0 Å². The third kappa shape index (κ3) is 3.64. The minimum absolute atomic E-state index is 0.368. The van der Waals surface area contributed by atoms with Crippen LogP contribution < -0.4 is 0 Å². The number of hydrogen-bond acceptors (Lipinski definition) is 3. The topological polar surface area (TPSA) is 47.6 Å². The Morgan fingerprint density at radius 2 is 2.00 bits per heavy atom. The van der Waals surface area contributed by atoms with Crippen LogP contribution in [0.2, 0.25) is 10.0 Å². The predicted molar refractivity (Wildman–Crippen MR) is 62.8 cm³/mol. The molecule has 1 rings (SSSR count). The zero-order chi connectivity index (χ0) is 11.3. The quantitative estimate of drug-likeness (QED) is 0.776. The molecule has 0 saturated heterocycles. The van der Waals surface area contributed by atoms with Crippen LogP contribution in [0.25, 0.3) is 0 Å². The van der Waals surface area contributed by atoms with E-state index in [1.807, 2.05) is 11.5 Å². The lowest BCUT2D eigenvalue weighted by molar-refractivity contribution is 1.03. The summed E-state index contributed by atoms with van der Waals surface area (Å²) in [6, 6.07) is 7.25. The second-order valence-corrected chi connectivity index (χ2v) is 4.58. The van der Waals surface area contributed by atoms with Gasteiger partial charge in [-0.15, -0.1) is 0 Å². The third-order valence-corrected chi connectivity index (χ3v) is 3.15. The van der Waals surface area contributed by atoms with Crippen molar-refractivity contribution in [2.24, 2.45) is 0 Å². The van der Waals surface area contributed by atoms with Crippen LogP contribution in [0.5, 0.6) is 0 Å². The van der Waals surface area contributed by atoms with Gasteiger partial charge < -0.3 is 0 Å². The summed E-state index contributed by atoms with van der Waals surface area (Å²) >= 11 is 12.5. The molecule has 76 valence electrons. The van der Waals surface area contributed by atoms with Gasteiger partial charge in [-0.3, -0.25) is 0 Å². The number of rotatable bonds is 3.